The van der Waals surface area contributed by atoms with Gasteiger partial charge in [-0.15, -0.1) is 0 Å². The third-order valence-corrected chi connectivity index (χ3v) is 3.51. The van der Waals surface area contributed by atoms with E-state index in [1.54, 1.807) is 7.11 Å². The number of aliphatic carboxylic acids is 1. The first-order valence-electron chi connectivity index (χ1n) is 6.64. The van der Waals surface area contributed by atoms with Crippen LogP contribution in [0, 0.1) is 5.92 Å². The number of hydrogen-bond donors (Lipinski definition) is 0. The molecule has 1 saturated heterocycles. The van der Waals surface area contributed by atoms with Crippen molar-refractivity contribution in [3.8, 4) is 5.75 Å². The van der Waals surface area contributed by atoms with Gasteiger partial charge >= 0.3 is 5.97 Å². The molecular formula is C15H17O5-. The van der Waals surface area contributed by atoms with Crippen LogP contribution in [-0.4, -0.2) is 19.0 Å². The topological polar surface area (TPSA) is 75.7 Å². The Labute approximate surface area is 117 Å². The second-order valence-corrected chi connectivity index (χ2v) is 4.90. The van der Waals surface area contributed by atoms with Gasteiger partial charge in [0.05, 0.1) is 13.0 Å². The number of carbonyl (C=O) groups is 2. The fourth-order valence-corrected chi connectivity index (χ4v) is 2.39. The lowest BCUT2D eigenvalue weighted by molar-refractivity contribution is -0.305. The average molecular weight is 277 g/mol. The Kier molecular flexibility index (Phi) is 4.61. The smallest absolute Gasteiger partial charge is 0.309 e. The van der Waals surface area contributed by atoms with Crippen molar-refractivity contribution in [2.24, 2.45) is 5.92 Å². The molecule has 1 heterocycles. The van der Waals surface area contributed by atoms with E-state index in [0.717, 1.165) is 11.3 Å². The third-order valence-electron chi connectivity index (χ3n) is 3.51. The molecule has 0 bridgehead atoms. The first-order chi connectivity index (χ1) is 9.60. The number of methoxy groups -OCH3 is 1. The minimum absolute atomic E-state index is 0.0169. The number of benzene rings is 1. The van der Waals surface area contributed by atoms with Crippen LogP contribution in [0.5, 0.6) is 5.75 Å². The summed E-state index contributed by atoms with van der Waals surface area (Å²) >= 11 is 0. The molecule has 0 aliphatic carbocycles. The van der Waals surface area contributed by atoms with Crippen LogP contribution in [0.1, 0.15) is 37.4 Å². The second-order valence-electron chi connectivity index (χ2n) is 4.90. The first kappa shape index (κ1) is 14.4. The molecule has 2 rings (SSSR count). The zero-order valence-corrected chi connectivity index (χ0v) is 11.3. The van der Waals surface area contributed by atoms with E-state index in [4.69, 9.17) is 9.47 Å². The van der Waals surface area contributed by atoms with Crippen molar-refractivity contribution in [2.45, 2.75) is 31.8 Å². The summed E-state index contributed by atoms with van der Waals surface area (Å²) in [5, 5.41) is 10.4. The number of carboxylic acids is 1. The molecule has 1 fully saturated rings. The van der Waals surface area contributed by atoms with E-state index in [2.05, 4.69) is 0 Å². The fourth-order valence-electron chi connectivity index (χ4n) is 2.39. The van der Waals surface area contributed by atoms with Gasteiger partial charge in [-0.05, 0) is 37.0 Å². The molecule has 0 saturated carbocycles. The number of hydrogen-bond acceptors (Lipinski definition) is 5. The van der Waals surface area contributed by atoms with E-state index in [1.165, 1.54) is 0 Å². The van der Waals surface area contributed by atoms with Crippen LogP contribution in [-0.2, 0) is 14.3 Å². The molecule has 1 aliphatic heterocycles. The molecule has 5 heteroatoms. The Morgan fingerprint density at radius 1 is 1.40 bits per heavy atom. The maximum atomic E-state index is 11.7. The van der Waals surface area contributed by atoms with Gasteiger partial charge in [-0.1, -0.05) is 12.1 Å². The summed E-state index contributed by atoms with van der Waals surface area (Å²) in [5.41, 5.74) is 0.932. The molecule has 0 aromatic heterocycles. The molecule has 20 heavy (non-hydrogen) atoms. The van der Waals surface area contributed by atoms with E-state index < -0.39 is 5.97 Å². The molecule has 0 unspecified atom stereocenters. The van der Waals surface area contributed by atoms with E-state index in [-0.39, 0.29) is 24.4 Å². The summed E-state index contributed by atoms with van der Waals surface area (Å²) in [6.07, 6.45) is 1.30. The molecule has 2 atom stereocenters. The highest BCUT2D eigenvalue weighted by atomic mass is 16.6. The van der Waals surface area contributed by atoms with Gasteiger partial charge in [0, 0.05) is 12.4 Å². The summed E-state index contributed by atoms with van der Waals surface area (Å²) in [6, 6.07) is 7.40. The Hall–Kier alpha value is -2.04. The number of carboxylic acid groups (broad SMARTS) is 1. The van der Waals surface area contributed by atoms with Crippen LogP contribution in [0.2, 0.25) is 0 Å². The minimum Gasteiger partial charge on any atom is -0.550 e. The van der Waals surface area contributed by atoms with Crippen LogP contribution in [0.4, 0.5) is 0 Å². The van der Waals surface area contributed by atoms with Crippen molar-refractivity contribution < 1.29 is 24.2 Å². The maximum Gasteiger partial charge on any atom is 0.309 e. The van der Waals surface area contributed by atoms with E-state index in [0.29, 0.717) is 19.3 Å². The van der Waals surface area contributed by atoms with Gasteiger partial charge in [0.1, 0.15) is 11.9 Å². The molecule has 0 radical (unpaired) electrons. The van der Waals surface area contributed by atoms with Crippen molar-refractivity contribution in [1.82, 2.24) is 0 Å². The number of cyclic esters (lactones) is 1. The highest BCUT2D eigenvalue weighted by Crippen LogP contribution is 2.36. The lowest BCUT2D eigenvalue weighted by Crippen LogP contribution is -2.22. The van der Waals surface area contributed by atoms with Gasteiger partial charge < -0.3 is 19.4 Å². The Morgan fingerprint density at radius 3 is 2.70 bits per heavy atom. The molecule has 0 amide bonds. The minimum atomic E-state index is -1.08. The van der Waals surface area contributed by atoms with Crippen molar-refractivity contribution >= 4 is 11.9 Å². The van der Waals surface area contributed by atoms with Gasteiger partial charge in [0.25, 0.3) is 0 Å². The predicted octanol–water partition coefficient (Wildman–Crippen LogP) is 1.22. The zero-order valence-electron chi connectivity index (χ0n) is 11.3. The van der Waals surface area contributed by atoms with Crippen LogP contribution in [0.15, 0.2) is 24.3 Å². The molecule has 0 N–H and O–H groups in total. The molecule has 5 nitrogen and oxygen atoms in total. The standard InChI is InChI=1S/C15H18O5/c1-19-12-7-5-10(6-8-12)13-9-11(15(18)20-13)3-2-4-14(16)17/h5-8,11,13H,2-4,9H2,1H3,(H,16,17)/p-1/t11-,13-/m0/s1. The summed E-state index contributed by atoms with van der Waals surface area (Å²) < 4.78 is 10.4. The highest BCUT2D eigenvalue weighted by Gasteiger charge is 2.34. The van der Waals surface area contributed by atoms with Gasteiger partial charge in [-0.25, -0.2) is 0 Å². The second kappa shape index (κ2) is 6.41. The van der Waals surface area contributed by atoms with Crippen molar-refractivity contribution in [3.63, 3.8) is 0 Å². The largest absolute Gasteiger partial charge is 0.550 e. The molecule has 1 aliphatic rings. The highest BCUT2D eigenvalue weighted by molar-refractivity contribution is 5.75. The molecule has 0 spiro atoms. The lowest BCUT2D eigenvalue weighted by Gasteiger charge is -2.09. The van der Waals surface area contributed by atoms with Gasteiger partial charge in [-0.2, -0.15) is 0 Å². The molecular weight excluding hydrogens is 260 g/mol. The maximum absolute atomic E-state index is 11.7. The predicted molar refractivity (Wildman–Crippen MR) is 68.8 cm³/mol. The van der Waals surface area contributed by atoms with Crippen LogP contribution in [0.3, 0.4) is 0 Å². The van der Waals surface area contributed by atoms with Crippen LogP contribution >= 0.6 is 0 Å². The van der Waals surface area contributed by atoms with Gasteiger partial charge in [-0.3, -0.25) is 4.79 Å². The van der Waals surface area contributed by atoms with Crippen LogP contribution in [0.25, 0.3) is 0 Å². The van der Waals surface area contributed by atoms with Crippen LogP contribution < -0.4 is 9.84 Å². The van der Waals surface area contributed by atoms with E-state index in [1.807, 2.05) is 24.3 Å². The summed E-state index contributed by atoms with van der Waals surface area (Å²) in [7, 11) is 1.60. The van der Waals surface area contributed by atoms with Gasteiger partial charge in [0.15, 0.2) is 0 Å². The lowest BCUT2D eigenvalue weighted by atomic mass is 9.95. The monoisotopic (exact) mass is 277 g/mol. The van der Waals surface area contributed by atoms with Crippen molar-refractivity contribution in [2.75, 3.05) is 7.11 Å². The number of ether oxygens (including phenoxy) is 2. The zero-order chi connectivity index (χ0) is 14.5. The first-order valence-corrected chi connectivity index (χ1v) is 6.64. The number of esters is 1. The van der Waals surface area contributed by atoms with E-state index >= 15 is 0 Å². The van der Waals surface area contributed by atoms with Crippen molar-refractivity contribution in [1.29, 1.82) is 0 Å². The Balaban J connectivity index is 1.91. The summed E-state index contributed by atoms with van der Waals surface area (Å²) in [4.78, 5) is 22.1. The SMILES string of the molecule is COc1ccc([C@@H]2C[C@H](CCCC(=O)[O-])C(=O)O2)cc1. The molecule has 1 aromatic rings. The summed E-state index contributed by atoms with van der Waals surface area (Å²) in [5.74, 6) is -0.794. The Morgan fingerprint density at radius 2 is 2.10 bits per heavy atom. The summed E-state index contributed by atoms with van der Waals surface area (Å²) in [6.45, 7) is 0. The fraction of sp³-hybridized carbons (Fsp3) is 0.467. The normalized spacial score (nSPS) is 21.6. The number of rotatable bonds is 6. The Bertz CT molecular complexity index is 480. The number of carbonyl (C=O) groups excluding carboxylic acids is 2. The average Bonchev–Trinajstić information content (AvgIpc) is 2.80. The van der Waals surface area contributed by atoms with E-state index in [9.17, 15) is 14.7 Å². The molecule has 108 valence electrons. The van der Waals surface area contributed by atoms with Crippen molar-refractivity contribution in [3.05, 3.63) is 29.8 Å². The van der Waals surface area contributed by atoms with Gasteiger partial charge in [0.2, 0.25) is 0 Å². The third kappa shape index (κ3) is 3.50. The quantitative estimate of drug-likeness (QED) is 0.731. The molecule has 1 aromatic carbocycles.